The molecule has 33 heavy (non-hydrogen) atoms. The first kappa shape index (κ1) is 27.4. The van der Waals surface area contributed by atoms with Crippen LogP contribution < -0.4 is 10.6 Å². The Morgan fingerprint density at radius 3 is 1.94 bits per heavy atom. The molecule has 1 aromatic rings. The minimum Gasteiger partial charge on any atom is -0.469 e. The van der Waals surface area contributed by atoms with Gasteiger partial charge < -0.3 is 29.6 Å². The number of hydrogen-bond acceptors (Lipinski definition) is 9. The monoisotopic (exact) mass is 466 g/mol. The predicted octanol–water partition coefficient (Wildman–Crippen LogP) is 0.948. The van der Waals surface area contributed by atoms with E-state index < -0.39 is 60.2 Å². The van der Waals surface area contributed by atoms with E-state index in [0.717, 1.165) is 26.9 Å². The van der Waals surface area contributed by atoms with Crippen LogP contribution in [0, 0.1) is 11.8 Å². The van der Waals surface area contributed by atoms with Crippen LogP contribution in [0.25, 0.3) is 0 Å². The average molecular weight is 466 g/mol. The van der Waals surface area contributed by atoms with Crippen LogP contribution in [0.4, 0.5) is 4.79 Å². The van der Waals surface area contributed by atoms with E-state index in [-0.39, 0.29) is 6.61 Å². The predicted molar refractivity (Wildman–Crippen MR) is 114 cm³/mol. The van der Waals surface area contributed by atoms with Gasteiger partial charge in [0.25, 0.3) is 0 Å². The maximum Gasteiger partial charge on any atom is 0.408 e. The zero-order valence-electron chi connectivity index (χ0n) is 19.3. The minimum atomic E-state index is -1.56. The lowest BCUT2D eigenvalue weighted by Gasteiger charge is -2.27. The zero-order chi connectivity index (χ0) is 25.0. The Labute approximate surface area is 192 Å². The SMILES string of the molecule is COC(=O)C[C@H](C(=O)OC)[C@@H](NC(=O)[C@@H](NC(=O)OCc1ccccc1)C(C)C)C(=O)OC. The van der Waals surface area contributed by atoms with E-state index >= 15 is 0 Å². The van der Waals surface area contributed by atoms with Gasteiger partial charge in [-0.05, 0) is 11.5 Å². The molecule has 3 atom stereocenters. The first-order chi connectivity index (χ1) is 15.6. The van der Waals surface area contributed by atoms with Gasteiger partial charge in [0, 0.05) is 0 Å². The number of carbonyl (C=O) groups excluding carboxylic acids is 5. The summed E-state index contributed by atoms with van der Waals surface area (Å²) in [7, 11) is 3.25. The normalized spacial score (nSPS) is 13.2. The summed E-state index contributed by atoms with van der Waals surface area (Å²) in [4.78, 5) is 61.5. The number of ether oxygens (including phenoxy) is 4. The van der Waals surface area contributed by atoms with Crippen LogP contribution in [-0.2, 0) is 44.7 Å². The minimum absolute atomic E-state index is 0.00651. The highest BCUT2D eigenvalue weighted by Gasteiger charge is 2.40. The highest BCUT2D eigenvalue weighted by atomic mass is 16.6. The van der Waals surface area contributed by atoms with Crippen LogP contribution in [0.5, 0.6) is 0 Å². The summed E-state index contributed by atoms with van der Waals surface area (Å²) < 4.78 is 19.1. The Bertz CT molecular complexity index is 826. The Morgan fingerprint density at radius 2 is 1.42 bits per heavy atom. The van der Waals surface area contributed by atoms with Gasteiger partial charge in [-0.2, -0.15) is 0 Å². The summed E-state index contributed by atoms with van der Waals surface area (Å²) in [5.74, 6) is -5.29. The standard InChI is InChI=1S/C22H30N2O9/c1-13(2)17(24-22(29)33-12-14-9-7-6-8-10-14)19(26)23-18(21(28)32-5)15(20(27)31-4)11-16(25)30-3/h6-10,13,15,17-18H,11-12H2,1-5H3,(H,23,26)(H,24,29)/t15-,17-,18+/m0/s1. The topological polar surface area (TPSA) is 146 Å². The lowest BCUT2D eigenvalue weighted by molar-refractivity contribution is -0.159. The van der Waals surface area contributed by atoms with Crippen molar-refractivity contribution in [3.8, 4) is 0 Å². The van der Waals surface area contributed by atoms with E-state index in [0.29, 0.717) is 0 Å². The van der Waals surface area contributed by atoms with Crippen LogP contribution in [-0.4, -0.2) is 63.3 Å². The fraction of sp³-hybridized carbons (Fsp3) is 0.500. The van der Waals surface area contributed by atoms with Crippen molar-refractivity contribution in [2.24, 2.45) is 11.8 Å². The Hall–Kier alpha value is -3.63. The Balaban J connectivity index is 2.97. The van der Waals surface area contributed by atoms with Crippen LogP contribution >= 0.6 is 0 Å². The lowest BCUT2D eigenvalue weighted by Crippen LogP contribution is -2.57. The van der Waals surface area contributed by atoms with E-state index in [1.807, 2.05) is 6.07 Å². The number of rotatable bonds is 11. The van der Waals surface area contributed by atoms with Crippen LogP contribution in [0.2, 0.25) is 0 Å². The van der Waals surface area contributed by atoms with Crippen molar-refractivity contribution in [3.63, 3.8) is 0 Å². The molecule has 0 heterocycles. The second-order valence-electron chi connectivity index (χ2n) is 7.35. The van der Waals surface area contributed by atoms with Gasteiger partial charge in [0.2, 0.25) is 5.91 Å². The molecule has 182 valence electrons. The largest absolute Gasteiger partial charge is 0.469 e. The molecule has 11 nitrogen and oxygen atoms in total. The third kappa shape index (κ3) is 8.79. The molecule has 0 aromatic heterocycles. The molecule has 2 amide bonds. The molecule has 0 aliphatic carbocycles. The fourth-order valence-electron chi connectivity index (χ4n) is 2.87. The molecule has 1 rings (SSSR count). The summed E-state index contributed by atoms with van der Waals surface area (Å²) in [6.07, 6.45) is -1.39. The van der Waals surface area contributed by atoms with Crippen LogP contribution in [0.3, 0.4) is 0 Å². The summed E-state index contributed by atoms with van der Waals surface area (Å²) in [6, 6.07) is 6.28. The first-order valence-corrected chi connectivity index (χ1v) is 10.1. The molecule has 0 spiro atoms. The molecule has 0 saturated carbocycles. The molecule has 0 aliphatic heterocycles. The number of methoxy groups -OCH3 is 3. The van der Waals surface area contributed by atoms with Gasteiger partial charge >= 0.3 is 24.0 Å². The zero-order valence-corrected chi connectivity index (χ0v) is 19.3. The summed E-state index contributed by atoms with van der Waals surface area (Å²) in [6.45, 7) is 3.33. The number of alkyl carbamates (subject to hydrolysis) is 1. The van der Waals surface area contributed by atoms with Crippen molar-refractivity contribution in [1.29, 1.82) is 0 Å². The maximum atomic E-state index is 12.9. The number of benzene rings is 1. The van der Waals surface area contributed by atoms with E-state index in [1.54, 1.807) is 38.1 Å². The molecule has 0 saturated heterocycles. The molecule has 0 fully saturated rings. The second-order valence-corrected chi connectivity index (χ2v) is 7.35. The number of hydrogen-bond donors (Lipinski definition) is 2. The van der Waals surface area contributed by atoms with Crippen molar-refractivity contribution >= 4 is 29.9 Å². The van der Waals surface area contributed by atoms with E-state index in [2.05, 4.69) is 24.8 Å². The highest BCUT2D eigenvalue weighted by molar-refractivity contribution is 5.93. The molecular formula is C22H30N2O9. The lowest BCUT2D eigenvalue weighted by atomic mass is 9.94. The van der Waals surface area contributed by atoms with Crippen molar-refractivity contribution in [2.45, 2.75) is 39.0 Å². The molecule has 0 aliphatic rings. The summed E-state index contributed by atoms with van der Waals surface area (Å²) in [5, 5.41) is 4.83. The van der Waals surface area contributed by atoms with Gasteiger partial charge in [-0.25, -0.2) is 9.59 Å². The second kappa shape index (κ2) is 13.7. The van der Waals surface area contributed by atoms with Crippen LogP contribution in [0.1, 0.15) is 25.8 Å². The molecule has 1 aromatic carbocycles. The number of esters is 3. The maximum absolute atomic E-state index is 12.9. The number of carbonyl (C=O) groups is 5. The third-order valence-electron chi connectivity index (χ3n) is 4.71. The number of amides is 2. The van der Waals surface area contributed by atoms with Crippen molar-refractivity contribution in [2.75, 3.05) is 21.3 Å². The van der Waals surface area contributed by atoms with Crippen molar-refractivity contribution < 1.29 is 42.9 Å². The van der Waals surface area contributed by atoms with Gasteiger partial charge in [0.05, 0.1) is 33.7 Å². The molecular weight excluding hydrogens is 436 g/mol. The fourth-order valence-corrected chi connectivity index (χ4v) is 2.87. The average Bonchev–Trinajstić information content (AvgIpc) is 2.82. The summed E-state index contributed by atoms with van der Waals surface area (Å²) >= 11 is 0. The van der Waals surface area contributed by atoms with E-state index in [1.165, 1.54) is 0 Å². The van der Waals surface area contributed by atoms with Gasteiger partial charge in [-0.15, -0.1) is 0 Å². The first-order valence-electron chi connectivity index (χ1n) is 10.1. The van der Waals surface area contributed by atoms with Crippen molar-refractivity contribution in [3.05, 3.63) is 35.9 Å². The van der Waals surface area contributed by atoms with E-state index in [4.69, 9.17) is 4.74 Å². The molecule has 11 heteroatoms. The highest BCUT2D eigenvalue weighted by Crippen LogP contribution is 2.15. The van der Waals surface area contributed by atoms with Crippen LogP contribution in [0.15, 0.2) is 30.3 Å². The number of nitrogens with one attached hydrogen (secondary N) is 2. The van der Waals surface area contributed by atoms with Gasteiger partial charge in [0.1, 0.15) is 18.7 Å². The van der Waals surface area contributed by atoms with E-state index in [9.17, 15) is 24.0 Å². The van der Waals surface area contributed by atoms with Crippen molar-refractivity contribution in [1.82, 2.24) is 10.6 Å². The third-order valence-corrected chi connectivity index (χ3v) is 4.71. The smallest absolute Gasteiger partial charge is 0.408 e. The Kier molecular flexibility index (Phi) is 11.4. The quantitative estimate of drug-likeness (QED) is 0.359. The molecule has 0 bridgehead atoms. The van der Waals surface area contributed by atoms with Gasteiger partial charge in [-0.1, -0.05) is 44.2 Å². The molecule has 0 radical (unpaired) electrons. The van der Waals surface area contributed by atoms with Gasteiger partial charge in [0.15, 0.2) is 0 Å². The summed E-state index contributed by atoms with van der Waals surface area (Å²) in [5.41, 5.74) is 0.757. The van der Waals surface area contributed by atoms with Gasteiger partial charge in [-0.3, -0.25) is 14.4 Å². The molecule has 0 unspecified atom stereocenters. The Morgan fingerprint density at radius 1 is 0.818 bits per heavy atom. The molecule has 2 N–H and O–H groups in total.